The molecule has 0 aromatic carbocycles. The van der Waals surface area contributed by atoms with E-state index in [1.807, 2.05) is 0 Å². The van der Waals surface area contributed by atoms with Gasteiger partial charge in [0.1, 0.15) is 0 Å². The Balaban J connectivity index is 1.98. The average molecular weight is 188 g/mol. The minimum atomic E-state index is 0.159. The topological polar surface area (TPSA) is 56.5 Å². The second-order valence-corrected chi connectivity index (χ2v) is 3.69. The van der Waals surface area contributed by atoms with Crippen molar-refractivity contribution in [2.45, 2.75) is 18.9 Å². The van der Waals surface area contributed by atoms with Crippen molar-refractivity contribution in [2.24, 2.45) is 5.73 Å². The summed E-state index contributed by atoms with van der Waals surface area (Å²) in [6, 6.07) is 0. The zero-order valence-electron chi connectivity index (χ0n) is 8.34. The van der Waals surface area contributed by atoms with Gasteiger partial charge in [0, 0.05) is 25.2 Å². The zero-order chi connectivity index (χ0) is 9.57. The summed E-state index contributed by atoms with van der Waals surface area (Å²) >= 11 is 0. The Labute approximate surface area is 79.8 Å². The first-order chi connectivity index (χ1) is 6.27. The largest absolute Gasteiger partial charge is 0.379 e. The van der Waals surface area contributed by atoms with Crippen LogP contribution >= 0.6 is 0 Å². The van der Waals surface area contributed by atoms with Crippen molar-refractivity contribution in [1.82, 2.24) is 5.32 Å². The molecule has 0 spiro atoms. The Hall–Kier alpha value is -0.160. The Kier molecular flexibility index (Phi) is 4.66. The molecule has 1 aliphatic heterocycles. The predicted molar refractivity (Wildman–Crippen MR) is 51.7 cm³/mol. The van der Waals surface area contributed by atoms with Crippen LogP contribution in [0.3, 0.4) is 0 Å². The molecule has 1 unspecified atom stereocenters. The molecule has 1 saturated heterocycles. The first kappa shape index (κ1) is 10.9. The summed E-state index contributed by atoms with van der Waals surface area (Å²) in [4.78, 5) is 0. The molecule has 0 bridgehead atoms. The molecule has 0 saturated carbocycles. The summed E-state index contributed by atoms with van der Waals surface area (Å²) in [6.07, 6.45) is 1.09. The van der Waals surface area contributed by atoms with Crippen LogP contribution in [0.2, 0.25) is 0 Å². The second-order valence-electron chi connectivity index (χ2n) is 3.69. The maximum Gasteiger partial charge on any atom is 0.0646 e. The van der Waals surface area contributed by atoms with E-state index < -0.39 is 0 Å². The molecule has 1 aliphatic rings. The fourth-order valence-corrected chi connectivity index (χ4v) is 1.42. The van der Waals surface area contributed by atoms with Crippen LogP contribution in [0.4, 0.5) is 0 Å². The molecule has 0 amide bonds. The van der Waals surface area contributed by atoms with E-state index >= 15 is 0 Å². The zero-order valence-corrected chi connectivity index (χ0v) is 8.34. The minimum absolute atomic E-state index is 0.159. The summed E-state index contributed by atoms with van der Waals surface area (Å²) in [5.74, 6) is 0. The molecule has 4 nitrogen and oxygen atoms in total. The molecule has 4 heteroatoms. The third kappa shape index (κ3) is 4.04. The molecule has 1 rings (SSSR count). The van der Waals surface area contributed by atoms with Gasteiger partial charge in [0.2, 0.25) is 0 Å². The van der Waals surface area contributed by atoms with Crippen molar-refractivity contribution in [3.63, 3.8) is 0 Å². The highest BCUT2D eigenvalue weighted by Gasteiger charge is 2.28. The average Bonchev–Trinajstić information content (AvgIpc) is 2.53. The quantitative estimate of drug-likeness (QED) is 0.563. The first-order valence-electron chi connectivity index (χ1n) is 4.87. The van der Waals surface area contributed by atoms with Gasteiger partial charge in [-0.15, -0.1) is 0 Å². The van der Waals surface area contributed by atoms with Gasteiger partial charge in [-0.25, -0.2) is 0 Å². The third-order valence-electron chi connectivity index (χ3n) is 2.28. The Morgan fingerprint density at radius 1 is 1.54 bits per heavy atom. The van der Waals surface area contributed by atoms with E-state index in [1.54, 1.807) is 0 Å². The lowest BCUT2D eigenvalue weighted by molar-refractivity contribution is 0.129. The summed E-state index contributed by atoms with van der Waals surface area (Å²) < 4.78 is 10.6. The molecule has 0 aliphatic carbocycles. The van der Waals surface area contributed by atoms with Crippen LogP contribution in [-0.2, 0) is 9.47 Å². The van der Waals surface area contributed by atoms with Crippen molar-refractivity contribution >= 4 is 0 Å². The highest BCUT2D eigenvalue weighted by atomic mass is 16.5. The molecule has 0 aromatic rings. The van der Waals surface area contributed by atoms with Crippen molar-refractivity contribution < 1.29 is 9.47 Å². The van der Waals surface area contributed by atoms with E-state index in [4.69, 9.17) is 15.2 Å². The summed E-state index contributed by atoms with van der Waals surface area (Å²) in [5.41, 5.74) is 5.45. The number of ether oxygens (including phenoxy) is 2. The normalized spacial score (nSPS) is 28.2. The van der Waals surface area contributed by atoms with Crippen LogP contribution < -0.4 is 11.1 Å². The second kappa shape index (κ2) is 5.54. The number of nitrogens with two attached hydrogens (primary N) is 1. The Morgan fingerprint density at radius 2 is 2.38 bits per heavy atom. The van der Waals surface area contributed by atoms with Gasteiger partial charge in [-0.1, -0.05) is 0 Å². The molecule has 13 heavy (non-hydrogen) atoms. The van der Waals surface area contributed by atoms with E-state index in [9.17, 15) is 0 Å². The molecule has 3 N–H and O–H groups in total. The molecule has 0 radical (unpaired) electrons. The van der Waals surface area contributed by atoms with Gasteiger partial charge in [-0.05, 0) is 13.3 Å². The van der Waals surface area contributed by atoms with Crippen molar-refractivity contribution in [1.29, 1.82) is 0 Å². The Morgan fingerprint density at radius 3 is 3.00 bits per heavy atom. The predicted octanol–water partition coefficient (Wildman–Crippen LogP) is -0.270. The lowest BCUT2D eigenvalue weighted by Crippen LogP contribution is -2.44. The fraction of sp³-hybridized carbons (Fsp3) is 1.00. The van der Waals surface area contributed by atoms with Gasteiger partial charge >= 0.3 is 0 Å². The molecule has 78 valence electrons. The molecular formula is C9H20N2O2. The SMILES string of the molecule is CC1(NCCOCCN)CCOC1. The summed E-state index contributed by atoms with van der Waals surface area (Å²) in [7, 11) is 0. The van der Waals surface area contributed by atoms with Gasteiger partial charge in [0.15, 0.2) is 0 Å². The molecular weight excluding hydrogens is 168 g/mol. The highest BCUT2D eigenvalue weighted by Crippen LogP contribution is 2.16. The van der Waals surface area contributed by atoms with Crippen LogP contribution in [0, 0.1) is 0 Å². The van der Waals surface area contributed by atoms with Gasteiger partial charge in [0.05, 0.1) is 19.8 Å². The third-order valence-corrected chi connectivity index (χ3v) is 2.28. The first-order valence-corrected chi connectivity index (χ1v) is 4.87. The smallest absolute Gasteiger partial charge is 0.0646 e. The van der Waals surface area contributed by atoms with E-state index in [0.717, 1.165) is 32.8 Å². The highest BCUT2D eigenvalue weighted by molar-refractivity contribution is 4.86. The summed E-state index contributed by atoms with van der Waals surface area (Å²) in [6.45, 7) is 6.71. The monoisotopic (exact) mass is 188 g/mol. The Bertz CT molecular complexity index is 136. The van der Waals surface area contributed by atoms with Gasteiger partial charge in [0.25, 0.3) is 0 Å². The van der Waals surface area contributed by atoms with E-state index in [1.165, 1.54) is 0 Å². The van der Waals surface area contributed by atoms with Crippen LogP contribution in [0.15, 0.2) is 0 Å². The minimum Gasteiger partial charge on any atom is -0.379 e. The summed E-state index contributed by atoms with van der Waals surface area (Å²) in [5, 5.41) is 3.43. The van der Waals surface area contributed by atoms with Crippen molar-refractivity contribution in [3.8, 4) is 0 Å². The fourth-order valence-electron chi connectivity index (χ4n) is 1.42. The van der Waals surface area contributed by atoms with Gasteiger partial charge < -0.3 is 20.5 Å². The lowest BCUT2D eigenvalue weighted by Gasteiger charge is -2.23. The van der Waals surface area contributed by atoms with E-state index in [2.05, 4.69) is 12.2 Å². The number of hydrogen-bond acceptors (Lipinski definition) is 4. The van der Waals surface area contributed by atoms with Crippen molar-refractivity contribution in [3.05, 3.63) is 0 Å². The molecule has 0 aromatic heterocycles. The van der Waals surface area contributed by atoms with Gasteiger partial charge in [-0.3, -0.25) is 0 Å². The van der Waals surface area contributed by atoms with E-state index in [-0.39, 0.29) is 5.54 Å². The number of hydrogen-bond donors (Lipinski definition) is 2. The van der Waals surface area contributed by atoms with Crippen LogP contribution in [0.25, 0.3) is 0 Å². The number of nitrogens with one attached hydrogen (secondary N) is 1. The standard InChI is InChI=1S/C9H20N2O2/c1-9(2-5-13-8-9)11-4-7-12-6-3-10/h11H,2-8,10H2,1H3. The van der Waals surface area contributed by atoms with Crippen LogP contribution in [0.1, 0.15) is 13.3 Å². The van der Waals surface area contributed by atoms with Crippen LogP contribution in [-0.4, -0.2) is 45.1 Å². The van der Waals surface area contributed by atoms with Crippen LogP contribution in [0.5, 0.6) is 0 Å². The van der Waals surface area contributed by atoms with E-state index in [0.29, 0.717) is 13.2 Å². The maximum atomic E-state index is 5.31. The maximum absolute atomic E-state index is 5.31. The molecule has 1 fully saturated rings. The molecule has 1 heterocycles. The lowest BCUT2D eigenvalue weighted by atomic mass is 10.0. The molecule has 1 atom stereocenters. The van der Waals surface area contributed by atoms with Crippen molar-refractivity contribution in [2.75, 3.05) is 39.5 Å². The van der Waals surface area contributed by atoms with Gasteiger partial charge in [-0.2, -0.15) is 0 Å². The number of rotatable bonds is 6.